The van der Waals surface area contributed by atoms with Crippen molar-refractivity contribution in [1.82, 2.24) is 4.90 Å². The van der Waals surface area contributed by atoms with E-state index in [9.17, 15) is 4.39 Å². The van der Waals surface area contributed by atoms with E-state index in [2.05, 4.69) is 16.7 Å². The highest BCUT2D eigenvalue weighted by molar-refractivity contribution is 5.46. The Morgan fingerprint density at radius 1 is 1.19 bits per heavy atom. The summed E-state index contributed by atoms with van der Waals surface area (Å²) >= 11 is 0. The maximum atomic E-state index is 13.0. The average molecular weight is 291 g/mol. The Bertz CT molecular complexity index is 467. The molecule has 4 heteroatoms. The summed E-state index contributed by atoms with van der Waals surface area (Å²) in [6.07, 6.45) is 3.70. The van der Waals surface area contributed by atoms with Gasteiger partial charge < -0.3 is 10.6 Å². The Morgan fingerprint density at radius 3 is 2.43 bits per heavy atom. The third kappa shape index (κ3) is 3.22. The van der Waals surface area contributed by atoms with Crippen LogP contribution in [-0.2, 0) is 0 Å². The molecule has 2 atom stereocenters. The Morgan fingerprint density at radius 2 is 1.86 bits per heavy atom. The monoisotopic (exact) mass is 291 g/mol. The van der Waals surface area contributed by atoms with Gasteiger partial charge in [-0.25, -0.2) is 4.39 Å². The summed E-state index contributed by atoms with van der Waals surface area (Å²) in [7, 11) is 0. The molecule has 0 radical (unpaired) electrons. The minimum atomic E-state index is -0.166. The van der Waals surface area contributed by atoms with E-state index in [0.717, 1.165) is 38.4 Å². The van der Waals surface area contributed by atoms with Crippen molar-refractivity contribution in [1.29, 1.82) is 0 Å². The molecule has 2 unspecified atom stereocenters. The van der Waals surface area contributed by atoms with Gasteiger partial charge in [0.05, 0.1) is 0 Å². The van der Waals surface area contributed by atoms with Crippen LogP contribution in [-0.4, -0.2) is 43.7 Å². The number of benzene rings is 1. The van der Waals surface area contributed by atoms with Gasteiger partial charge in [0.25, 0.3) is 0 Å². The number of hydrogen-bond acceptors (Lipinski definition) is 3. The molecule has 21 heavy (non-hydrogen) atoms. The predicted molar refractivity (Wildman–Crippen MR) is 85.0 cm³/mol. The Labute approximate surface area is 126 Å². The standard InChI is InChI=1S/C17H26FN3/c1-17(8-2-3-16(17)19)13-20-9-11-21(12-10-20)15-6-4-14(18)5-7-15/h4-7,16H,2-3,8-13,19H2,1H3. The van der Waals surface area contributed by atoms with Crippen LogP contribution in [0.2, 0.25) is 0 Å². The topological polar surface area (TPSA) is 32.5 Å². The molecule has 3 rings (SSSR count). The van der Waals surface area contributed by atoms with Crippen LogP contribution in [0.3, 0.4) is 0 Å². The molecule has 1 heterocycles. The fourth-order valence-corrected chi connectivity index (χ4v) is 3.78. The third-order valence-electron chi connectivity index (χ3n) is 5.31. The lowest BCUT2D eigenvalue weighted by molar-refractivity contribution is 0.146. The van der Waals surface area contributed by atoms with E-state index in [0.29, 0.717) is 6.04 Å². The van der Waals surface area contributed by atoms with Crippen LogP contribution in [0.5, 0.6) is 0 Å². The van der Waals surface area contributed by atoms with Gasteiger partial charge in [0, 0.05) is 44.5 Å². The first-order valence-electron chi connectivity index (χ1n) is 8.05. The molecule has 0 aromatic heterocycles. The van der Waals surface area contributed by atoms with Crippen molar-refractivity contribution in [2.75, 3.05) is 37.6 Å². The minimum absolute atomic E-state index is 0.166. The lowest BCUT2D eigenvalue weighted by Crippen LogP contribution is -2.52. The SMILES string of the molecule is CC1(CN2CCN(c3ccc(F)cc3)CC2)CCCC1N. The molecule has 1 saturated carbocycles. The molecule has 0 amide bonds. The van der Waals surface area contributed by atoms with Gasteiger partial charge in [-0.3, -0.25) is 4.90 Å². The van der Waals surface area contributed by atoms with E-state index in [1.165, 1.54) is 19.3 Å². The molecule has 1 aliphatic carbocycles. The van der Waals surface area contributed by atoms with E-state index in [-0.39, 0.29) is 11.2 Å². The van der Waals surface area contributed by atoms with E-state index in [4.69, 9.17) is 5.73 Å². The quantitative estimate of drug-likeness (QED) is 0.928. The van der Waals surface area contributed by atoms with Gasteiger partial charge in [0.1, 0.15) is 5.82 Å². The molecule has 2 N–H and O–H groups in total. The second-order valence-corrected chi connectivity index (χ2v) is 6.89. The van der Waals surface area contributed by atoms with Gasteiger partial charge in [-0.2, -0.15) is 0 Å². The molecule has 2 fully saturated rings. The first kappa shape index (κ1) is 14.8. The molecule has 116 valence electrons. The van der Waals surface area contributed by atoms with Gasteiger partial charge >= 0.3 is 0 Å². The highest BCUT2D eigenvalue weighted by Gasteiger charge is 2.38. The zero-order valence-electron chi connectivity index (χ0n) is 12.9. The summed E-state index contributed by atoms with van der Waals surface area (Å²) in [6, 6.07) is 7.19. The lowest BCUT2D eigenvalue weighted by Gasteiger charge is -2.41. The molecule has 1 aliphatic heterocycles. The van der Waals surface area contributed by atoms with Crippen molar-refractivity contribution in [2.45, 2.75) is 32.2 Å². The number of halogens is 1. The molecule has 1 aromatic rings. The lowest BCUT2D eigenvalue weighted by atomic mass is 9.84. The summed E-state index contributed by atoms with van der Waals surface area (Å²) in [6.45, 7) is 7.62. The second-order valence-electron chi connectivity index (χ2n) is 6.89. The maximum absolute atomic E-state index is 13.0. The number of nitrogens with two attached hydrogens (primary N) is 1. The Balaban J connectivity index is 1.54. The molecular weight excluding hydrogens is 265 g/mol. The van der Waals surface area contributed by atoms with Crippen molar-refractivity contribution < 1.29 is 4.39 Å². The summed E-state index contributed by atoms with van der Waals surface area (Å²) < 4.78 is 13.0. The number of anilines is 1. The average Bonchev–Trinajstić information content (AvgIpc) is 2.80. The molecule has 0 spiro atoms. The Hall–Kier alpha value is -1.13. The van der Waals surface area contributed by atoms with Gasteiger partial charge in [0.2, 0.25) is 0 Å². The molecule has 3 nitrogen and oxygen atoms in total. The molecular formula is C17H26FN3. The smallest absolute Gasteiger partial charge is 0.123 e. The highest BCUT2D eigenvalue weighted by atomic mass is 19.1. The van der Waals surface area contributed by atoms with Crippen LogP contribution in [0.1, 0.15) is 26.2 Å². The van der Waals surface area contributed by atoms with Crippen LogP contribution >= 0.6 is 0 Å². The first-order valence-corrected chi connectivity index (χ1v) is 8.05. The summed E-state index contributed by atoms with van der Waals surface area (Å²) in [5, 5.41) is 0. The van der Waals surface area contributed by atoms with Crippen molar-refractivity contribution in [3.05, 3.63) is 30.1 Å². The number of nitrogens with zero attached hydrogens (tertiary/aromatic N) is 2. The molecule has 2 aliphatic rings. The molecule has 1 aromatic carbocycles. The van der Waals surface area contributed by atoms with Crippen molar-refractivity contribution in [3.63, 3.8) is 0 Å². The first-order chi connectivity index (χ1) is 10.1. The number of rotatable bonds is 3. The maximum Gasteiger partial charge on any atom is 0.123 e. The van der Waals surface area contributed by atoms with Gasteiger partial charge in [-0.15, -0.1) is 0 Å². The molecule has 1 saturated heterocycles. The van der Waals surface area contributed by atoms with E-state index < -0.39 is 0 Å². The normalized spacial score (nSPS) is 30.8. The van der Waals surface area contributed by atoms with Crippen molar-refractivity contribution in [2.24, 2.45) is 11.1 Å². The van der Waals surface area contributed by atoms with E-state index in [1.807, 2.05) is 12.1 Å². The second kappa shape index (κ2) is 5.93. The van der Waals surface area contributed by atoms with Crippen LogP contribution < -0.4 is 10.6 Å². The van der Waals surface area contributed by atoms with Gasteiger partial charge in [-0.05, 0) is 42.5 Å². The zero-order chi connectivity index (χ0) is 14.9. The largest absolute Gasteiger partial charge is 0.369 e. The van der Waals surface area contributed by atoms with Crippen molar-refractivity contribution in [3.8, 4) is 0 Å². The predicted octanol–water partition coefficient (Wildman–Crippen LogP) is 2.47. The van der Waals surface area contributed by atoms with Gasteiger partial charge in [0.15, 0.2) is 0 Å². The third-order valence-corrected chi connectivity index (χ3v) is 5.31. The minimum Gasteiger partial charge on any atom is -0.369 e. The zero-order valence-corrected chi connectivity index (χ0v) is 12.9. The fourth-order valence-electron chi connectivity index (χ4n) is 3.78. The van der Waals surface area contributed by atoms with Crippen LogP contribution in [0, 0.1) is 11.2 Å². The summed E-state index contributed by atoms with van der Waals surface area (Å²) in [5.74, 6) is -0.166. The van der Waals surface area contributed by atoms with Gasteiger partial charge in [-0.1, -0.05) is 13.3 Å². The van der Waals surface area contributed by atoms with Crippen LogP contribution in [0.4, 0.5) is 10.1 Å². The van der Waals surface area contributed by atoms with Crippen molar-refractivity contribution >= 4 is 5.69 Å². The highest BCUT2D eigenvalue weighted by Crippen LogP contribution is 2.37. The Kier molecular flexibility index (Phi) is 4.18. The molecule has 0 bridgehead atoms. The fraction of sp³-hybridized carbons (Fsp3) is 0.647. The van der Waals surface area contributed by atoms with Crippen LogP contribution in [0.25, 0.3) is 0 Å². The van der Waals surface area contributed by atoms with E-state index >= 15 is 0 Å². The van der Waals surface area contributed by atoms with Crippen LogP contribution in [0.15, 0.2) is 24.3 Å². The number of hydrogen-bond donors (Lipinski definition) is 1. The summed E-state index contributed by atoms with van der Waals surface area (Å²) in [5.41, 5.74) is 7.70. The summed E-state index contributed by atoms with van der Waals surface area (Å²) in [4.78, 5) is 4.89. The number of piperazine rings is 1. The van der Waals surface area contributed by atoms with E-state index in [1.54, 1.807) is 12.1 Å².